The normalized spacial score (nSPS) is 10.7. The number of nitro benzene ring substituents is 1. The van der Waals surface area contributed by atoms with Crippen molar-refractivity contribution in [3.8, 4) is 0 Å². The number of rotatable bonds is 9. The van der Waals surface area contributed by atoms with Crippen LogP contribution in [0.15, 0.2) is 47.6 Å². The lowest BCUT2D eigenvalue weighted by molar-refractivity contribution is -0.384. The molecule has 0 aliphatic heterocycles. The summed E-state index contributed by atoms with van der Waals surface area (Å²) in [4.78, 5) is 22.9. The Balaban J connectivity index is 1.60. The third-order valence-corrected chi connectivity index (χ3v) is 5.62. The average molecular weight is 441 g/mol. The number of carbonyl (C=O) groups is 1. The van der Waals surface area contributed by atoms with E-state index in [0.717, 1.165) is 17.1 Å². The van der Waals surface area contributed by atoms with Crippen molar-refractivity contribution in [1.29, 1.82) is 0 Å². The van der Waals surface area contributed by atoms with Crippen molar-refractivity contribution in [2.24, 2.45) is 0 Å². The zero-order valence-electron chi connectivity index (χ0n) is 17.6. The molecule has 2 aromatic carbocycles. The van der Waals surface area contributed by atoms with E-state index in [2.05, 4.69) is 20.8 Å². The van der Waals surface area contributed by atoms with Gasteiger partial charge in [-0.15, -0.1) is 10.2 Å². The number of aromatic nitrogens is 3. The van der Waals surface area contributed by atoms with Gasteiger partial charge in [-0.3, -0.25) is 14.9 Å². The van der Waals surface area contributed by atoms with Gasteiger partial charge in [0.2, 0.25) is 5.91 Å². The Morgan fingerprint density at radius 2 is 1.90 bits per heavy atom. The van der Waals surface area contributed by atoms with Crippen LogP contribution >= 0.6 is 11.8 Å². The van der Waals surface area contributed by atoms with Crippen molar-refractivity contribution in [2.75, 3.05) is 16.4 Å². The monoisotopic (exact) mass is 440 g/mol. The Labute approximate surface area is 184 Å². The second kappa shape index (κ2) is 10.1. The molecule has 1 heterocycles. The molecule has 0 spiro atoms. The van der Waals surface area contributed by atoms with Crippen molar-refractivity contribution >= 4 is 34.7 Å². The quantitative estimate of drug-likeness (QED) is 0.291. The number of amides is 1. The minimum Gasteiger partial charge on any atom is -0.378 e. The molecule has 0 unspecified atom stereocenters. The molecule has 0 fully saturated rings. The van der Waals surface area contributed by atoms with Crippen LogP contribution in [0.4, 0.5) is 17.1 Å². The topological polar surface area (TPSA) is 115 Å². The molecule has 3 aromatic rings. The van der Waals surface area contributed by atoms with Crippen LogP contribution in [0, 0.1) is 24.0 Å². The highest BCUT2D eigenvalue weighted by atomic mass is 32.2. The van der Waals surface area contributed by atoms with Gasteiger partial charge in [0, 0.05) is 24.4 Å². The minimum atomic E-state index is -0.486. The minimum absolute atomic E-state index is 0.0648. The number of nitro groups is 1. The fraction of sp³-hybridized carbons (Fsp3) is 0.286. The first kappa shape index (κ1) is 22.3. The van der Waals surface area contributed by atoms with Crippen molar-refractivity contribution in [1.82, 2.24) is 14.8 Å². The molecule has 1 amide bonds. The van der Waals surface area contributed by atoms with Crippen LogP contribution in [0.3, 0.4) is 0 Å². The number of carbonyl (C=O) groups excluding carboxylic acids is 1. The molecule has 0 aliphatic rings. The number of nitrogens with one attached hydrogen (secondary N) is 2. The van der Waals surface area contributed by atoms with Gasteiger partial charge in [-0.05, 0) is 38.5 Å². The fourth-order valence-electron chi connectivity index (χ4n) is 2.90. The Bertz CT molecular complexity index is 1080. The largest absolute Gasteiger partial charge is 0.378 e. The molecule has 0 aliphatic carbocycles. The van der Waals surface area contributed by atoms with Crippen molar-refractivity contribution < 1.29 is 9.72 Å². The summed E-state index contributed by atoms with van der Waals surface area (Å²) in [5.74, 6) is 0.630. The number of benzene rings is 2. The summed E-state index contributed by atoms with van der Waals surface area (Å²) < 4.78 is 1.96. The van der Waals surface area contributed by atoms with Gasteiger partial charge < -0.3 is 15.2 Å². The zero-order chi connectivity index (χ0) is 22.4. The van der Waals surface area contributed by atoms with Crippen molar-refractivity contribution in [3.05, 3.63) is 69.5 Å². The molecule has 0 radical (unpaired) electrons. The molecule has 31 heavy (non-hydrogen) atoms. The summed E-state index contributed by atoms with van der Waals surface area (Å²) in [5, 5.41) is 26.1. The van der Waals surface area contributed by atoms with Gasteiger partial charge in [0.25, 0.3) is 5.69 Å². The smallest absolute Gasteiger partial charge is 0.271 e. The van der Waals surface area contributed by atoms with E-state index < -0.39 is 4.92 Å². The summed E-state index contributed by atoms with van der Waals surface area (Å²) in [6, 6.07) is 12.5. The van der Waals surface area contributed by atoms with Crippen molar-refractivity contribution in [3.63, 3.8) is 0 Å². The molecular formula is C21H24N6O3S. The molecule has 162 valence electrons. The summed E-state index contributed by atoms with van der Waals surface area (Å²) in [6.07, 6.45) is 0. The van der Waals surface area contributed by atoms with E-state index >= 15 is 0 Å². The summed E-state index contributed by atoms with van der Waals surface area (Å²) in [5.41, 5.74) is 3.31. The number of anilines is 2. The van der Waals surface area contributed by atoms with E-state index in [9.17, 15) is 14.9 Å². The van der Waals surface area contributed by atoms with E-state index in [4.69, 9.17) is 0 Å². The Kier molecular flexibility index (Phi) is 7.24. The van der Waals surface area contributed by atoms with Gasteiger partial charge in [0.05, 0.1) is 22.9 Å². The zero-order valence-corrected chi connectivity index (χ0v) is 18.4. The lowest BCUT2D eigenvalue weighted by atomic mass is 10.2. The van der Waals surface area contributed by atoms with E-state index in [1.807, 2.05) is 42.7 Å². The van der Waals surface area contributed by atoms with Crippen LogP contribution in [-0.4, -0.2) is 31.3 Å². The molecule has 0 bridgehead atoms. The Morgan fingerprint density at radius 1 is 1.16 bits per heavy atom. The molecule has 3 rings (SSSR count). The second-order valence-corrected chi connectivity index (χ2v) is 7.90. The van der Waals surface area contributed by atoms with Gasteiger partial charge in [-0.2, -0.15) is 0 Å². The summed E-state index contributed by atoms with van der Waals surface area (Å²) in [7, 11) is 0. The summed E-state index contributed by atoms with van der Waals surface area (Å²) in [6.45, 7) is 7.01. The molecule has 0 atom stereocenters. The van der Waals surface area contributed by atoms with Crippen LogP contribution in [0.1, 0.15) is 23.9 Å². The van der Waals surface area contributed by atoms with Gasteiger partial charge in [-0.25, -0.2) is 0 Å². The Morgan fingerprint density at radius 3 is 2.58 bits per heavy atom. The van der Waals surface area contributed by atoms with E-state index in [1.165, 1.54) is 29.5 Å². The maximum atomic E-state index is 12.4. The number of nitrogens with zero attached hydrogens (tertiary/aromatic N) is 4. The SMILES string of the molecule is CCn1c(CNc2ccc(C)cc2)nnc1SCC(=O)Nc1cc([N+](=O)[O-])ccc1C. The van der Waals surface area contributed by atoms with Crippen LogP contribution in [0.2, 0.25) is 0 Å². The van der Waals surface area contributed by atoms with Crippen LogP contribution in [0.5, 0.6) is 0 Å². The third-order valence-electron chi connectivity index (χ3n) is 4.65. The molecule has 0 saturated carbocycles. The lowest BCUT2D eigenvalue weighted by Crippen LogP contribution is -2.16. The fourth-order valence-corrected chi connectivity index (χ4v) is 3.72. The molecular weight excluding hydrogens is 416 g/mol. The highest BCUT2D eigenvalue weighted by molar-refractivity contribution is 7.99. The number of hydrogen-bond acceptors (Lipinski definition) is 7. The second-order valence-electron chi connectivity index (χ2n) is 6.96. The molecule has 10 heteroatoms. The lowest BCUT2D eigenvalue weighted by Gasteiger charge is -2.10. The maximum Gasteiger partial charge on any atom is 0.271 e. The molecule has 2 N–H and O–H groups in total. The van der Waals surface area contributed by atoms with E-state index in [-0.39, 0.29) is 17.3 Å². The first-order valence-electron chi connectivity index (χ1n) is 9.77. The van der Waals surface area contributed by atoms with Gasteiger partial charge >= 0.3 is 0 Å². The van der Waals surface area contributed by atoms with Crippen molar-refractivity contribution in [2.45, 2.75) is 39.0 Å². The highest BCUT2D eigenvalue weighted by Crippen LogP contribution is 2.23. The van der Waals surface area contributed by atoms with E-state index in [1.54, 1.807) is 13.0 Å². The average Bonchev–Trinajstić information content (AvgIpc) is 3.15. The van der Waals surface area contributed by atoms with Gasteiger partial charge in [-0.1, -0.05) is 35.5 Å². The number of thioether (sulfide) groups is 1. The first-order chi connectivity index (χ1) is 14.9. The van der Waals surface area contributed by atoms with Crippen LogP contribution in [0.25, 0.3) is 0 Å². The molecule has 9 nitrogen and oxygen atoms in total. The van der Waals surface area contributed by atoms with Gasteiger partial charge in [0.1, 0.15) is 0 Å². The summed E-state index contributed by atoms with van der Waals surface area (Å²) >= 11 is 1.28. The maximum absolute atomic E-state index is 12.4. The predicted octanol–water partition coefficient (Wildman–Crippen LogP) is 4.17. The van der Waals surface area contributed by atoms with Gasteiger partial charge in [0.15, 0.2) is 11.0 Å². The molecule has 0 saturated heterocycles. The van der Waals surface area contributed by atoms with E-state index in [0.29, 0.717) is 23.9 Å². The van der Waals surface area contributed by atoms with Crippen LogP contribution in [-0.2, 0) is 17.9 Å². The number of non-ortho nitro benzene ring substituents is 1. The number of aryl methyl sites for hydroxylation is 2. The third kappa shape index (κ3) is 5.82. The predicted molar refractivity (Wildman–Crippen MR) is 121 cm³/mol. The standard InChI is InChI=1S/C21H24N6O3S/c1-4-26-19(12-22-16-8-5-14(2)6-9-16)24-25-21(26)31-13-20(28)23-18-11-17(27(29)30)10-7-15(18)3/h5-11,22H,4,12-13H2,1-3H3,(H,23,28). The Hall–Kier alpha value is -3.40. The first-order valence-corrected chi connectivity index (χ1v) is 10.8. The highest BCUT2D eigenvalue weighted by Gasteiger charge is 2.15. The van der Waals surface area contributed by atoms with Crippen LogP contribution < -0.4 is 10.6 Å². The number of hydrogen-bond donors (Lipinski definition) is 2. The molecule has 1 aromatic heterocycles.